The van der Waals surface area contributed by atoms with E-state index in [0.717, 1.165) is 0 Å². The molecule has 1 aromatic carbocycles. The molecule has 0 radical (unpaired) electrons. The van der Waals surface area contributed by atoms with Crippen LogP contribution in [0, 0.1) is 0 Å². The number of nitrogens with zero attached hydrogens (tertiary/aromatic N) is 2. The maximum absolute atomic E-state index is 12.8. The van der Waals surface area contributed by atoms with E-state index in [-0.39, 0.29) is 16.4 Å². The minimum Gasteiger partial charge on any atom is -0.480 e. The molecule has 0 fully saturated rings. The molecule has 1 aliphatic rings. The van der Waals surface area contributed by atoms with Crippen molar-refractivity contribution in [1.82, 2.24) is 0 Å². The number of fused-ring (bicyclic) bond motifs is 1. The van der Waals surface area contributed by atoms with Gasteiger partial charge in [0.15, 0.2) is 0 Å². The molecule has 2 N–H and O–H groups in total. The highest BCUT2D eigenvalue weighted by Gasteiger charge is 2.53. The van der Waals surface area contributed by atoms with Crippen LogP contribution in [-0.2, 0) is 4.79 Å². The average molecular weight is 262 g/mol. The smallest absolute Gasteiger partial charge is 0.429 e. The molecule has 0 aromatic heterocycles. The van der Waals surface area contributed by atoms with Gasteiger partial charge in [0.25, 0.3) is 0 Å². The van der Waals surface area contributed by atoms with Crippen LogP contribution in [0.2, 0.25) is 0 Å². The van der Waals surface area contributed by atoms with Crippen LogP contribution in [0.25, 0.3) is 0 Å². The molecule has 0 saturated heterocycles. The van der Waals surface area contributed by atoms with E-state index >= 15 is 0 Å². The Morgan fingerprint density at radius 1 is 1.28 bits per heavy atom. The molecule has 0 saturated carbocycles. The van der Waals surface area contributed by atoms with E-state index in [0.29, 0.717) is 4.90 Å². The third-order valence-electron chi connectivity index (χ3n) is 2.56. The summed E-state index contributed by atoms with van der Waals surface area (Å²) in [6, 6.07) is 5.54. The van der Waals surface area contributed by atoms with Crippen molar-refractivity contribution < 1.29 is 28.3 Å². The Kier molecular flexibility index (Phi) is 2.81. The van der Waals surface area contributed by atoms with Gasteiger partial charge in [0.05, 0.1) is 11.4 Å². The van der Waals surface area contributed by atoms with E-state index in [9.17, 15) is 23.2 Å². The first-order chi connectivity index (χ1) is 8.32. The standard InChI is InChI=1S/C10H9F3N2O3/c11-10(12,13)9-14(5-8(16)17)6-3-1-2-4-7(6)15(9)18/h1-4,9,18H,5H2,(H,16,17). The number of benzene rings is 1. The summed E-state index contributed by atoms with van der Waals surface area (Å²) >= 11 is 0. The first kappa shape index (κ1) is 12.5. The molecule has 2 rings (SSSR count). The Hall–Kier alpha value is -1.96. The monoisotopic (exact) mass is 262 g/mol. The maximum atomic E-state index is 12.8. The van der Waals surface area contributed by atoms with E-state index in [2.05, 4.69) is 0 Å². The number of halogens is 3. The van der Waals surface area contributed by atoms with Gasteiger partial charge in [0, 0.05) is 0 Å². The summed E-state index contributed by atoms with van der Waals surface area (Å²) in [5, 5.41) is 18.2. The van der Waals surface area contributed by atoms with Gasteiger partial charge in [-0.05, 0) is 12.1 Å². The number of anilines is 2. The second-order valence-electron chi connectivity index (χ2n) is 3.77. The Bertz CT molecular complexity index is 478. The molecule has 0 aliphatic carbocycles. The number of hydroxylamine groups is 1. The number of rotatable bonds is 2. The summed E-state index contributed by atoms with van der Waals surface area (Å²) in [5.74, 6) is -1.41. The van der Waals surface area contributed by atoms with Crippen LogP contribution in [0.15, 0.2) is 24.3 Å². The summed E-state index contributed by atoms with van der Waals surface area (Å²) in [6.45, 7) is -0.849. The quantitative estimate of drug-likeness (QED) is 0.848. The largest absolute Gasteiger partial charge is 0.480 e. The number of carbonyl (C=O) groups is 1. The van der Waals surface area contributed by atoms with Gasteiger partial charge in [-0.15, -0.1) is 0 Å². The SMILES string of the molecule is O=C(O)CN1c2ccccc2N(O)C1C(F)(F)F. The number of alkyl halides is 3. The molecule has 1 unspecified atom stereocenters. The van der Waals surface area contributed by atoms with Gasteiger partial charge in [-0.2, -0.15) is 13.2 Å². The average Bonchev–Trinajstić information content (AvgIpc) is 2.52. The van der Waals surface area contributed by atoms with Gasteiger partial charge in [-0.25, -0.2) is 5.06 Å². The lowest BCUT2D eigenvalue weighted by Crippen LogP contribution is -2.53. The Morgan fingerprint density at radius 2 is 1.83 bits per heavy atom. The molecule has 5 nitrogen and oxygen atoms in total. The topological polar surface area (TPSA) is 64.0 Å². The Labute approximate surface area is 99.6 Å². The predicted octanol–water partition coefficient (Wildman–Crippen LogP) is 1.68. The van der Waals surface area contributed by atoms with Crippen molar-refractivity contribution in [2.45, 2.75) is 12.3 Å². The number of para-hydroxylation sites is 2. The van der Waals surface area contributed by atoms with Crippen molar-refractivity contribution in [3.8, 4) is 0 Å². The molecular weight excluding hydrogens is 253 g/mol. The molecule has 98 valence electrons. The molecule has 8 heteroatoms. The zero-order valence-electron chi connectivity index (χ0n) is 8.92. The van der Waals surface area contributed by atoms with Crippen molar-refractivity contribution in [1.29, 1.82) is 0 Å². The number of carboxylic acid groups (broad SMARTS) is 1. The summed E-state index contributed by atoms with van der Waals surface area (Å²) < 4.78 is 38.5. The van der Waals surface area contributed by atoms with Crippen LogP contribution in [0.3, 0.4) is 0 Å². The van der Waals surface area contributed by atoms with E-state index < -0.39 is 24.9 Å². The molecule has 1 atom stereocenters. The predicted molar refractivity (Wildman–Crippen MR) is 55.5 cm³/mol. The zero-order chi connectivity index (χ0) is 13.5. The van der Waals surface area contributed by atoms with E-state index in [1.165, 1.54) is 24.3 Å². The van der Waals surface area contributed by atoms with Crippen molar-refractivity contribution in [3.05, 3.63) is 24.3 Å². The van der Waals surface area contributed by atoms with Crippen LogP contribution < -0.4 is 9.96 Å². The second kappa shape index (κ2) is 4.05. The van der Waals surface area contributed by atoms with Crippen molar-refractivity contribution in [2.75, 3.05) is 16.5 Å². The van der Waals surface area contributed by atoms with Crippen LogP contribution >= 0.6 is 0 Å². The van der Waals surface area contributed by atoms with Crippen LogP contribution in [0.1, 0.15) is 0 Å². The number of hydrogen-bond acceptors (Lipinski definition) is 4. The molecule has 0 bridgehead atoms. The van der Waals surface area contributed by atoms with Crippen molar-refractivity contribution in [3.63, 3.8) is 0 Å². The van der Waals surface area contributed by atoms with Gasteiger partial charge >= 0.3 is 12.1 Å². The van der Waals surface area contributed by atoms with Crippen molar-refractivity contribution in [2.24, 2.45) is 0 Å². The zero-order valence-corrected chi connectivity index (χ0v) is 8.92. The van der Waals surface area contributed by atoms with Crippen molar-refractivity contribution >= 4 is 17.3 Å². The fourth-order valence-corrected chi connectivity index (χ4v) is 1.93. The molecular formula is C10H9F3N2O3. The second-order valence-corrected chi connectivity index (χ2v) is 3.77. The summed E-state index contributed by atoms with van der Waals surface area (Å²) in [7, 11) is 0. The Balaban J connectivity index is 2.47. The molecule has 1 aliphatic heterocycles. The third kappa shape index (κ3) is 1.94. The normalized spacial score (nSPS) is 19.0. The van der Waals surface area contributed by atoms with Gasteiger partial charge in [-0.1, -0.05) is 12.1 Å². The molecule has 1 heterocycles. The summed E-state index contributed by atoms with van der Waals surface area (Å²) in [5.41, 5.74) is -0.0363. The van der Waals surface area contributed by atoms with Gasteiger partial charge < -0.3 is 10.0 Å². The highest BCUT2D eigenvalue weighted by molar-refractivity contribution is 5.82. The lowest BCUT2D eigenvalue weighted by atomic mass is 10.2. The van der Waals surface area contributed by atoms with Gasteiger partial charge in [0.1, 0.15) is 6.54 Å². The van der Waals surface area contributed by atoms with E-state index in [1.807, 2.05) is 0 Å². The third-order valence-corrected chi connectivity index (χ3v) is 2.56. The molecule has 18 heavy (non-hydrogen) atoms. The minimum absolute atomic E-state index is 0.0322. The highest BCUT2D eigenvalue weighted by atomic mass is 19.4. The highest BCUT2D eigenvalue weighted by Crippen LogP contribution is 2.43. The summed E-state index contributed by atoms with van der Waals surface area (Å²) in [4.78, 5) is 11.2. The van der Waals surface area contributed by atoms with Crippen LogP contribution in [0.5, 0.6) is 0 Å². The van der Waals surface area contributed by atoms with Crippen LogP contribution in [-0.4, -0.2) is 35.2 Å². The fraction of sp³-hybridized carbons (Fsp3) is 0.300. The maximum Gasteiger partial charge on any atom is 0.429 e. The van der Waals surface area contributed by atoms with Crippen LogP contribution in [0.4, 0.5) is 24.5 Å². The van der Waals surface area contributed by atoms with E-state index in [1.54, 1.807) is 0 Å². The van der Waals surface area contributed by atoms with Gasteiger partial charge in [0.2, 0.25) is 6.17 Å². The minimum atomic E-state index is -4.77. The van der Waals surface area contributed by atoms with E-state index in [4.69, 9.17) is 5.11 Å². The fourth-order valence-electron chi connectivity index (χ4n) is 1.93. The first-order valence-corrected chi connectivity index (χ1v) is 4.94. The lowest BCUT2D eigenvalue weighted by molar-refractivity contribution is -0.160. The first-order valence-electron chi connectivity index (χ1n) is 4.94. The van der Waals surface area contributed by atoms with Gasteiger partial charge in [-0.3, -0.25) is 10.0 Å². The Morgan fingerprint density at radius 3 is 2.33 bits per heavy atom. The summed E-state index contributed by atoms with van der Waals surface area (Å²) in [6.07, 6.45) is -7.16. The number of aliphatic carboxylic acids is 1. The lowest BCUT2D eigenvalue weighted by Gasteiger charge is -2.29. The number of carboxylic acids is 1. The molecule has 0 amide bonds. The molecule has 1 aromatic rings. The number of hydrogen-bond donors (Lipinski definition) is 2. The molecule has 0 spiro atoms.